The Morgan fingerprint density at radius 3 is 2.71 bits per heavy atom. The fraction of sp³-hybridized carbons (Fsp3) is 0.308. The molecule has 21 heavy (non-hydrogen) atoms. The van der Waals surface area contributed by atoms with Crippen LogP contribution >= 0.6 is 10.7 Å². The lowest BCUT2D eigenvalue weighted by Gasteiger charge is -2.10. The first-order valence-electron chi connectivity index (χ1n) is 6.21. The first kappa shape index (κ1) is 15.8. The average molecular weight is 333 g/mol. The van der Waals surface area contributed by atoms with E-state index in [1.54, 1.807) is 4.68 Å². The number of ether oxygens (including phenoxy) is 1. The highest BCUT2D eigenvalue weighted by Crippen LogP contribution is 2.28. The Morgan fingerprint density at radius 1 is 1.38 bits per heavy atom. The van der Waals surface area contributed by atoms with Gasteiger partial charge in [-0.3, -0.25) is 4.68 Å². The minimum atomic E-state index is -4.09. The minimum absolute atomic E-state index is 0.00732. The minimum Gasteiger partial charge on any atom is -0.486 e. The number of rotatable bonds is 5. The van der Waals surface area contributed by atoms with Crippen LogP contribution in [0.5, 0.6) is 5.75 Å². The molecular weight excluding hydrogens is 319 g/mol. The number of hydrogen-bond donors (Lipinski definition) is 0. The van der Waals surface area contributed by atoms with Crippen LogP contribution in [0.3, 0.4) is 0 Å². The van der Waals surface area contributed by atoms with E-state index in [0.29, 0.717) is 6.54 Å². The van der Waals surface area contributed by atoms with Crippen molar-refractivity contribution in [2.24, 2.45) is 0 Å². The summed E-state index contributed by atoms with van der Waals surface area (Å²) in [6.07, 6.45) is 0. The third-order valence-electron chi connectivity index (χ3n) is 2.83. The zero-order valence-corrected chi connectivity index (χ0v) is 13.1. The van der Waals surface area contributed by atoms with Gasteiger partial charge in [0.05, 0.1) is 11.4 Å². The summed E-state index contributed by atoms with van der Waals surface area (Å²) in [5, 5.41) is 4.26. The van der Waals surface area contributed by atoms with Crippen LogP contribution in [0.15, 0.2) is 29.2 Å². The first-order chi connectivity index (χ1) is 9.81. The number of aromatic nitrogens is 2. The second-order valence-electron chi connectivity index (χ2n) is 4.41. The lowest BCUT2D eigenvalue weighted by molar-refractivity contribution is 0.284. The largest absolute Gasteiger partial charge is 0.486 e. The van der Waals surface area contributed by atoms with Gasteiger partial charge in [0.1, 0.15) is 23.1 Å². The summed E-state index contributed by atoms with van der Waals surface area (Å²) in [5.41, 5.74) is 1.62. The molecule has 0 radical (unpaired) electrons. The van der Waals surface area contributed by atoms with Gasteiger partial charge in [0, 0.05) is 17.2 Å². The fourth-order valence-corrected chi connectivity index (χ4v) is 2.91. The zero-order chi connectivity index (χ0) is 15.6. The summed E-state index contributed by atoms with van der Waals surface area (Å²) in [6, 6.07) is 5.02. The molecule has 0 aliphatic rings. The van der Waals surface area contributed by atoms with Gasteiger partial charge >= 0.3 is 0 Å². The molecule has 0 fully saturated rings. The van der Waals surface area contributed by atoms with Crippen molar-refractivity contribution in [1.29, 1.82) is 0 Å². The molecule has 8 heteroatoms. The summed E-state index contributed by atoms with van der Waals surface area (Å²) in [7, 11) is 1.20. The summed E-state index contributed by atoms with van der Waals surface area (Å²) < 4.78 is 43.3. The predicted molar refractivity (Wildman–Crippen MR) is 76.4 cm³/mol. The summed E-state index contributed by atoms with van der Waals surface area (Å²) in [4.78, 5) is -0.386. The second-order valence-corrected chi connectivity index (χ2v) is 6.94. The van der Waals surface area contributed by atoms with E-state index in [1.165, 1.54) is 6.07 Å². The van der Waals surface area contributed by atoms with E-state index in [1.807, 2.05) is 19.9 Å². The summed E-state index contributed by atoms with van der Waals surface area (Å²) >= 11 is 0. The van der Waals surface area contributed by atoms with E-state index in [9.17, 15) is 12.8 Å². The molecular formula is C13H14ClFN2O3S. The van der Waals surface area contributed by atoms with Crippen LogP contribution < -0.4 is 4.74 Å². The quantitative estimate of drug-likeness (QED) is 0.790. The van der Waals surface area contributed by atoms with Crippen molar-refractivity contribution >= 4 is 19.7 Å². The maximum atomic E-state index is 13.2. The summed E-state index contributed by atoms with van der Waals surface area (Å²) in [5.74, 6) is -0.691. The van der Waals surface area contributed by atoms with E-state index in [-0.39, 0.29) is 17.3 Å². The molecule has 0 saturated carbocycles. The number of nitrogens with zero attached hydrogens (tertiary/aromatic N) is 2. The number of halogens is 2. The topological polar surface area (TPSA) is 61.2 Å². The third-order valence-corrected chi connectivity index (χ3v) is 4.17. The van der Waals surface area contributed by atoms with Crippen molar-refractivity contribution in [3.05, 3.63) is 41.5 Å². The van der Waals surface area contributed by atoms with Crippen LogP contribution in [-0.4, -0.2) is 18.2 Å². The van der Waals surface area contributed by atoms with Crippen LogP contribution in [0.25, 0.3) is 0 Å². The SMILES string of the molecule is CCn1nc(C)cc1COc1ccc(F)cc1S(=O)(=O)Cl. The van der Waals surface area contributed by atoms with E-state index in [2.05, 4.69) is 5.10 Å². The van der Waals surface area contributed by atoms with Crippen LogP contribution in [0.1, 0.15) is 18.3 Å². The predicted octanol–water partition coefficient (Wildman–Crippen LogP) is 2.86. The van der Waals surface area contributed by atoms with E-state index in [4.69, 9.17) is 15.4 Å². The van der Waals surface area contributed by atoms with Crippen molar-refractivity contribution in [2.45, 2.75) is 31.9 Å². The molecule has 1 heterocycles. The number of hydrogen-bond acceptors (Lipinski definition) is 4. The van der Waals surface area contributed by atoms with Crippen LogP contribution in [-0.2, 0) is 22.2 Å². The molecule has 1 aromatic heterocycles. The van der Waals surface area contributed by atoms with E-state index < -0.39 is 14.9 Å². The van der Waals surface area contributed by atoms with Crippen molar-refractivity contribution in [3.63, 3.8) is 0 Å². The van der Waals surface area contributed by atoms with Crippen molar-refractivity contribution in [2.75, 3.05) is 0 Å². The Labute approximate surface area is 126 Å². The van der Waals surface area contributed by atoms with Gasteiger partial charge in [0.15, 0.2) is 0 Å². The molecule has 2 aromatic rings. The fourth-order valence-electron chi connectivity index (χ4n) is 1.93. The lowest BCUT2D eigenvalue weighted by atomic mass is 10.3. The van der Waals surface area contributed by atoms with E-state index >= 15 is 0 Å². The third kappa shape index (κ3) is 3.74. The Morgan fingerprint density at radius 2 is 2.10 bits per heavy atom. The molecule has 0 amide bonds. The second kappa shape index (κ2) is 6.03. The maximum absolute atomic E-state index is 13.2. The molecule has 114 valence electrons. The van der Waals surface area contributed by atoms with Gasteiger partial charge in [-0.1, -0.05) is 0 Å². The van der Waals surface area contributed by atoms with Gasteiger partial charge in [-0.2, -0.15) is 5.10 Å². The number of aryl methyl sites for hydroxylation is 2. The van der Waals surface area contributed by atoms with Gasteiger partial charge in [0.2, 0.25) is 0 Å². The van der Waals surface area contributed by atoms with Gasteiger partial charge in [-0.15, -0.1) is 0 Å². The van der Waals surface area contributed by atoms with E-state index in [0.717, 1.165) is 23.5 Å². The molecule has 0 unspecified atom stereocenters. The Balaban J connectivity index is 2.28. The molecule has 0 atom stereocenters. The van der Waals surface area contributed by atoms with Crippen molar-refractivity contribution in [1.82, 2.24) is 9.78 Å². The Bertz CT molecular complexity index is 759. The molecule has 5 nitrogen and oxygen atoms in total. The molecule has 1 aromatic carbocycles. The standard InChI is InChI=1S/C13H14ClFN2O3S/c1-3-17-11(6-9(2)16-17)8-20-12-5-4-10(15)7-13(12)21(14,18)19/h4-7H,3,8H2,1-2H3. The van der Waals surface area contributed by atoms with Crippen molar-refractivity contribution < 1.29 is 17.5 Å². The smallest absolute Gasteiger partial charge is 0.265 e. The highest BCUT2D eigenvalue weighted by atomic mass is 35.7. The van der Waals surface area contributed by atoms with Gasteiger partial charge < -0.3 is 4.74 Å². The summed E-state index contributed by atoms with van der Waals surface area (Å²) in [6.45, 7) is 4.56. The molecule has 2 rings (SSSR count). The van der Waals surface area contributed by atoms with Gasteiger partial charge in [-0.05, 0) is 38.1 Å². The highest BCUT2D eigenvalue weighted by Gasteiger charge is 2.18. The normalized spacial score (nSPS) is 11.6. The van der Waals surface area contributed by atoms with Crippen LogP contribution in [0.4, 0.5) is 4.39 Å². The Hall–Kier alpha value is -1.60. The maximum Gasteiger partial charge on any atom is 0.265 e. The first-order valence-corrected chi connectivity index (χ1v) is 8.52. The monoisotopic (exact) mass is 332 g/mol. The molecule has 0 aliphatic heterocycles. The highest BCUT2D eigenvalue weighted by molar-refractivity contribution is 8.13. The average Bonchev–Trinajstić information content (AvgIpc) is 2.76. The molecule has 0 N–H and O–H groups in total. The van der Waals surface area contributed by atoms with Crippen molar-refractivity contribution in [3.8, 4) is 5.75 Å². The zero-order valence-electron chi connectivity index (χ0n) is 11.5. The molecule has 0 saturated heterocycles. The number of benzene rings is 1. The van der Waals surface area contributed by atoms with Crippen LogP contribution in [0.2, 0.25) is 0 Å². The molecule has 0 aliphatic carbocycles. The van der Waals surface area contributed by atoms with Gasteiger partial charge in [-0.25, -0.2) is 12.8 Å². The van der Waals surface area contributed by atoms with Crippen LogP contribution in [0, 0.1) is 12.7 Å². The Kier molecular flexibility index (Phi) is 4.53. The lowest BCUT2D eigenvalue weighted by Crippen LogP contribution is -2.07. The molecule has 0 bridgehead atoms. The molecule has 0 spiro atoms. The van der Waals surface area contributed by atoms with Gasteiger partial charge in [0.25, 0.3) is 9.05 Å².